The molecular formula is C14H19NO5S. The molecule has 1 atom stereocenters. The molecule has 2 rings (SSSR count). The number of ether oxygens (including phenoxy) is 1. The monoisotopic (exact) mass is 313 g/mol. The Hall–Kier alpha value is -1.44. The van der Waals surface area contributed by atoms with Gasteiger partial charge in [0, 0.05) is 13.1 Å². The molecule has 1 aliphatic heterocycles. The van der Waals surface area contributed by atoms with E-state index in [4.69, 9.17) is 9.84 Å². The van der Waals surface area contributed by atoms with Gasteiger partial charge in [0.1, 0.15) is 0 Å². The molecule has 0 aromatic heterocycles. The fourth-order valence-electron chi connectivity index (χ4n) is 2.42. The number of likely N-dealkylation sites (N-methyl/N-ethyl adjacent to an activating group) is 1. The summed E-state index contributed by atoms with van der Waals surface area (Å²) in [5, 5.41) is 9.11. The molecule has 1 heterocycles. The lowest BCUT2D eigenvalue weighted by Gasteiger charge is -2.31. The molecule has 21 heavy (non-hydrogen) atoms. The van der Waals surface area contributed by atoms with Crippen LogP contribution in [0.4, 0.5) is 0 Å². The zero-order valence-corrected chi connectivity index (χ0v) is 12.7. The minimum atomic E-state index is -3.70. The Bertz CT molecular complexity index is 614. The number of rotatable bonds is 5. The molecule has 7 heteroatoms. The third kappa shape index (κ3) is 3.81. The van der Waals surface area contributed by atoms with E-state index in [1.165, 1.54) is 24.3 Å². The predicted octanol–water partition coefficient (Wildman–Crippen LogP) is 0.879. The normalized spacial score (nSPS) is 20.3. The number of benzene rings is 1. The minimum absolute atomic E-state index is 0.144. The van der Waals surface area contributed by atoms with E-state index >= 15 is 0 Å². The molecule has 0 bridgehead atoms. The maximum absolute atomic E-state index is 12.5. The zero-order chi connectivity index (χ0) is 15.5. The summed E-state index contributed by atoms with van der Waals surface area (Å²) >= 11 is 0. The van der Waals surface area contributed by atoms with E-state index in [0.717, 1.165) is 13.1 Å². The second kappa shape index (κ2) is 6.55. The largest absolute Gasteiger partial charge is 0.478 e. The molecule has 1 aromatic carbocycles. The molecule has 1 aromatic rings. The van der Waals surface area contributed by atoms with Crippen LogP contribution >= 0.6 is 0 Å². The van der Waals surface area contributed by atoms with Crippen LogP contribution in [0, 0.1) is 0 Å². The molecule has 0 saturated carbocycles. The standard InChI is InChI=1S/C14H19NO5S/c1-2-15-7-8-20-11(9-15)10-21(18,19)13-6-4-3-5-12(13)14(16)17/h3-6,11H,2,7-10H2,1H3,(H,16,17). The van der Waals surface area contributed by atoms with E-state index in [1.807, 2.05) is 6.92 Å². The number of hydrogen-bond acceptors (Lipinski definition) is 5. The molecule has 0 amide bonds. The van der Waals surface area contributed by atoms with Gasteiger partial charge in [0.05, 0.1) is 28.9 Å². The molecule has 1 aliphatic rings. The Morgan fingerprint density at radius 3 is 2.81 bits per heavy atom. The summed E-state index contributed by atoms with van der Waals surface area (Å²) in [5.41, 5.74) is -0.194. The van der Waals surface area contributed by atoms with E-state index in [2.05, 4.69) is 4.90 Å². The number of hydrogen-bond donors (Lipinski definition) is 1. The summed E-state index contributed by atoms with van der Waals surface area (Å²) in [7, 11) is -3.70. The first-order valence-electron chi connectivity index (χ1n) is 6.83. The van der Waals surface area contributed by atoms with E-state index in [0.29, 0.717) is 13.2 Å². The minimum Gasteiger partial charge on any atom is -0.478 e. The van der Waals surface area contributed by atoms with Gasteiger partial charge in [0.25, 0.3) is 0 Å². The van der Waals surface area contributed by atoms with Crippen molar-refractivity contribution in [2.75, 3.05) is 32.0 Å². The van der Waals surface area contributed by atoms with Gasteiger partial charge in [-0.05, 0) is 18.7 Å². The molecule has 1 N–H and O–H groups in total. The van der Waals surface area contributed by atoms with Crippen molar-refractivity contribution in [3.05, 3.63) is 29.8 Å². The van der Waals surface area contributed by atoms with Crippen molar-refractivity contribution in [1.29, 1.82) is 0 Å². The smallest absolute Gasteiger partial charge is 0.337 e. The van der Waals surface area contributed by atoms with Crippen LogP contribution in [0.3, 0.4) is 0 Å². The predicted molar refractivity (Wildman–Crippen MR) is 77.3 cm³/mol. The molecule has 1 saturated heterocycles. The van der Waals surface area contributed by atoms with Crippen molar-refractivity contribution >= 4 is 15.8 Å². The number of carbonyl (C=O) groups is 1. The lowest BCUT2D eigenvalue weighted by atomic mass is 10.2. The van der Waals surface area contributed by atoms with Crippen LogP contribution < -0.4 is 0 Å². The topological polar surface area (TPSA) is 83.9 Å². The average Bonchev–Trinajstić information content (AvgIpc) is 2.47. The van der Waals surface area contributed by atoms with Gasteiger partial charge in [0.2, 0.25) is 0 Å². The Kier molecular flexibility index (Phi) is 4.97. The average molecular weight is 313 g/mol. The third-order valence-electron chi connectivity index (χ3n) is 3.53. The Balaban J connectivity index is 2.21. The Labute approximate surface area is 124 Å². The molecule has 0 radical (unpaired) electrons. The van der Waals surface area contributed by atoms with Gasteiger partial charge in [-0.2, -0.15) is 0 Å². The summed E-state index contributed by atoms with van der Waals surface area (Å²) in [5.74, 6) is -1.44. The second-order valence-corrected chi connectivity index (χ2v) is 6.97. The summed E-state index contributed by atoms with van der Waals surface area (Å²) in [4.78, 5) is 13.1. The quantitative estimate of drug-likeness (QED) is 0.869. The Morgan fingerprint density at radius 2 is 2.14 bits per heavy atom. The van der Waals surface area contributed by atoms with Crippen molar-refractivity contribution in [3.8, 4) is 0 Å². The highest BCUT2D eigenvalue weighted by atomic mass is 32.2. The number of carboxylic acid groups (broad SMARTS) is 1. The van der Waals surface area contributed by atoms with Crippen molar-refractivity contribution in [1.82, 2.24) is 4.90 Å². The maximum atomic E-state index is 12.5. The van der Waals surface area contributed by atoms with Gasteiger partial charge >= 0.3 is 5.97 Å². The number of carboxylic acids is 1. The summed E-state index contributed by atoms with van der Waals surface area (Å²) < 4.78 is 30.4. The van der Waals surface area contributed by atoms with E-state index in [-0.39, 0.29) is 16.2 Å². The van der Waals surface area contributed by atoms with E-state index < -0.39 is 21.9 Å². The maximum Gasteiger partial charge on any atom is 0.337 e. The van der Waals surface area contributed by atoms with Crippen LogP contribution in [0.25, 0.3) is 0 Å². The molecule has 1 fully saturated rings. The summed E-state index contributed by atoms with van der Waals surface area (Å²) in [6.45, 7) is 4.68. The van der Waals surface area contributed by atoms with Crippen molar-refractivity contribution < 1.29 is 23.1 Å². The van der Waals surface area contributed by atoms with Crippen LogP contribution in [0.2, 0.25) is 0 Å². The van der Waals surface area contributed by atoms with Crippen LogP contribution in [-0.4, -0.2) is 62.5 Å². The second-order valence-electron chi connectivity index (χ2n) is 4.97. The first-order chi connectivity index (χ1) is 9.94. The SMILES string of the molecule is CCN1CCOC(CS(=O)(=O)c2ccccc2C(=O)O)C1. The molecule has 116 valence electrons. The van der Waals surface area contributed by atoms with E-state index in [9.17, 15) is 13.2 Å². The first-order valence-corrected chi connectivity index (χ1v) is 8.48. The highest BCUT2D eigenvalue weighted by Crippen LogP contribution is 2.19. The first kappa shape index (κ1) is 15.9. The highest BCUT2D eigenvalue weighted by Gasteiger charge is 2.29. The van der Waals surface area contributed by atoms with E-state index in [1.54, 1.807) is 0 Å². The van der Waals surface area contributed by atoms with Gasteiger partial charge in [-0.15, -0.1) is 0 Å². The number of nitrogens with zero attached hydrogens (tertiary/aromatic N) is 1. The van der Waals surface area contributed by atoms with Gasteiger partial charge < -0.3 is 9.84 Å². The zero-order valence-electron chi connectivity index (χ0n) is 11.9. The number of morpholine rings is 1. The molecule has 0 spiro atoms. The van der Waals surface area contributed by atoms with Gasteiger partial charge in [-0.25, -0.2) is 13.2 Å². The van der Waals surface area contributed by atoms with Gasteiger partial charge in [-0.3, -0.25) is 4.90 Å². The van der Waals surface area contributed by atoms with Gasteiger partial charge in [-0.1, -0.05) is 19.1 Å². The summed E-state index contributed by atoms with van der Waals surface area (Å²) in [6.07, 6.45) is -0.425. The number of sulfone groups is 1. The lowest BCUT2D eigenvalue weighted by molar-refractivity contribution is -0.0145. The van der Waals surface area contributed by atoms with Crippen LogP contribution in [-0.2, 0) is 14.6 Å². The van der Waals surface area contributed by atoms with Crippen LogP contribution in [0.15, 0.2) is 29.2 Å². The summed E-state index contributed by atoms with van der Waals surface area (Å²) in [6, 6.07) is 5.67. The number of aromatic carboxylic acids is 1. The highest BCUT2D eigenvalue weighted by molar-refractivity contribution is 7.91. The van der Waals surface area contributed by atoms with Crippen molar-refractivity contribution in [2.45, 2.75) is 17.9 Å². The fourth-order valence-corrected chi connectivity index (χ4v) is 4.06. The third-order valence-corrected chi connectivity index (χ3v) is 5.36. The lowest BCUT2D eigenvalue weighted by Crippen LogP contribution is -2.45. The molecule has 1 unspecified atom stereocenters. The Morgan fingerprint density at radius 1 is 1.43 bits per heavy atom. The molecule has 0 aliphatic carbocycles. The van der Waals surface area contributed by atoms with Crippen LogP contribution in [0.5, 0.6) is 0 Å². The van der Waals surface area contributed by atoms with Crippen molar-refractivity contribution in [2.24, 2.45) is 0 Å². The fraction of sp³-hybridized carbons (Fsp3) is 0.500. The molecular weight excluding hydrogens is 294 g/mol. The van der Waals surface area contributed by atoms with Crippen molar-refractivity contribution in [3.63, 3.8) is 0 Å². The molecule has 6 nitrogen and oxygen atoms in total. The van der Waals surface area contributed by atoms with Gasteiger partial charge in [0.15, 0.2) is 9.84 Å². The van der Waals surface area contributed by atoms with Crippen LogP contribution in [0.1, 0.15) is 17.3 Å².